The minimum atomic E-state index is -3.10. The first-order chi connectivity index (χ1) is 14.4. The fraction of sp³-hybridized carbons (Fsp3) is 0.455. The number of nitrogens with zero attached hydrogens (tertiary/aromatic N) is 2. The number of carbonyl (C=O) groups excluding carboxylic acids is 1. The van der Waals surface area contributed by atoms with Gasteiger partial charge in [-0.25, -0.2) is 13.4 Å². The molecule has 2 aromatic rings. The van der Waals surface area contributed by atoms with Gasteiger partial charge in [0.25, 0.3) is 5.91 Å². The maximum absolute atomic E-state index is 12.2. The van der Waals surface area contributed by atoms with Crippen LogP contribution in [0.15, 0.2) is 29.3 Å². The second kappa shape index (κ2) is 7.40. The van der Waals surface area contributed by atoms with Crippen LogP contribution in [-0.4, -0.2) is 54.3 Å². The van der Waals surface area contributed by atoms with Gasteiger partial charge in [-0.1, -0.05) is 18.2 Å². The quantitative estimate of drug-likeness (QED) is 0.674. The topological polar surface area (TPSA) is 107 Å². The lowest BCUT2D eigenvalue weighted by Gasteiger charge is -2.35. The SMILES string of the molecule is C[C@H]1NC(=O)c2cc(-c3cccc4c3N=C(NC(C)(C)C)N(CCS(C)(=O)=O)C4)[nH]c21. The summed E-state index contributed by atoms with van der Waals surface area (Å²) in [7, 11) is -3.10. The Morgan fingerprint density at radius 3 is 2.65 bits per heavy atom. The van der Waals surface area contributed by atoms with E-state index in [1.807, 2.05) is 56.9 Å². The molecule has 0 spiro atoms. The number of H-pyrrole nitrogens is 1. The lowest BCUT2D eigenvalue weighted by molar-refractivity contribution is 0.0958. The number of hydrogen-bond donors (Lipinski definition) is 3. The molecule has 3 N–H and O–H groups in total. The zero-order chi connectivity index (χ0) is 22.6. The number of hydrogen-bond acceptors (Lipinski definition) is 6. The van der Waals surface area contributed by atoms with Crippen LogP contribution in [-0.2, 0) is 16.4 Å². The number of para-hydroxylation sites is 1. The van der Waals surface area contributed by atoms with E-state index in [-0.39, 0.29) is 23.2 Å². The van der Waals surface area contributed by atoms with Crippen LogP contribution < -0.4 is 10.6 Å². The number of aromatic amines is 1. The summed E-state index contributed by atoms with van der Waals surface area (Å²) in [4.78, 5) is 22.5. The molecule has 2 aliphatic heterocycles. The fourth-order valence-corrected chi connectivity index (χ4v) is 4.47. The van der Waals surface area contributed by atoms with Crippen LogP contribution in [0, 0.1) is 0 Å². The number of nitrogens with one attached hydrogen (secondary N) is 3. The first-order valence-electron chi connectivity index (χ1n) is 10.4. The molecular weight excluding hydrogens is 414 g/mol. The third-order valence-corrected chi connectivity index (χ3v) is 6.30. The number of rotatable bonds is 4. The van der Waals surface area contributed by atoms with Crippen LogP contribution >= 0.6 is 0 Å². The third kappa shape index (κ3) is 4.46. The Bertz CT molecular complexity index is 1170. The molecule has 166 valence electrons. The van der Waals surface area contributed by atoms with Gasteiger partial charge in [0, 0.05) is 36.1 Å². The number of guanidine groups is 1. The molecule has 1 aromatic heterocycles. The molecular formula is C22H29N5O3S. The molecule has 0 aliphatic carbocycles. The van der Waals surface area contributed by atoms with E-state index in [1.54, 1.807) is 0 Å². The van der Waals surface area contributed by atoms with E-state index in [0.29, 0.717) is 24.6 Å². The lowest BCUT2D eigenvalue weighted by Crippen LogP contribution is -2.51. The Morgan fingerprint density at radius 2 is 2.00 bits per heavy atom. The Hall–Kier alpha value is -2.81. The second-order valence-corrected chi connectivity index (χ2v) is 11.6. The maximum Gasteiger partial charge on any atom is 0.253 e. The van der Waals surface area contributed by atoms with E-state index < -0.39 is 9.84 Å². The normalized spacial score (nSPS) is 18.4. The fourth-order valence-electron chi connectivity index (χ4n) is 3.92. The van der Waals surface area contributed by atoms with Gasteiger partial charge in [-0.15, -0.1) is 0 Å². The van der Waals surface area contributed by atoms with Crippen molar-refractivity contribution in [2.45, 2.75) is 45.8 Å². The average molecular weight is 444 g/mol. The smallest absolute Gasteiger partial charge is 0.253 e. The van der Waals surface area contributed by atoms with E-state index in [0.717, 1.165) is 28.2 Å². The highest BCUT2D eigenvalue weighted by molar-refractivity contribution is 7.90. The number of aromatic nitrogens is 1. The first kappa shape index (κ1) is 21.4. The van der Waals surface area contributed by atoms with Crippen LogP contribution in [0.3, 0.4) is 0 Å². The van der Waals surface area contributed by atoms with Crippen molar-refractivity contribution in [1.29, 1.82) is 0 Å². The van der Waals surface area contributed by atoms with E-state index in [4.69, 9.17) is 4.99 Å². The van der Waals surface area contributed by atoms with Crippen molar-refractivity contribution in [3.05, 3.63) is 41.1 Å². The monoisotopic (exact) mass is 443 g/mol. The molecule has 0 radical (unpaired) electrons. The summed E-state index contributed by atoms with van der Waals surface area (Å²) in [5.41, 5.74) is 4.93. The van der Waals surface area contributed by atoms with Gasteiger partial charge in [-0.3, -0.25) is 4.79 Å². The van der Waals surface area contributed by atoms with Gasteiger partial charge in [-0.05, 0) is 39.3 Å². The molecule has 0 bridgehead atoms. The predicted molar refractivity (Wildman–Crippen MR) is 122 cm³/mol. The van der Waals surface area contributed by atoms with Crippen molar-refractivity contribution in [2.75, 3.05) is 18.6 Å². The van der Waals surface area contributed by atoms with Gasteiger partial charge in [0.05, 0.1) is 28.7 Å². The highest BCUT2D eigenvalue weighted by Crippen LogP contribution is 2.38. The van der Waals surface area contributed by atoms with Crippen molar-refractivity contribution in [3.8, 4) is 11.3 Å². The van der Waals surface area contributed by atoms with Crippen molar-refractivity contribution in [1.82, 2.24) is 20.5 Å². The molecule has 3 heterocycles. The summed E-state index contributed by atoms with van der Waals surface area (Å²) in [5.74, 6) is 0.644. The van der Waals surface area contributed by atoms with Crippen LogP contribution in [0.5, 0.6) is 0 Å². The molecule has 9 heteroatoms. The van der Waals surface area contributed by atoms with Crippen molar-refractivity contribution in [2.24, 2.45) is 4.99 Å². The molecule has 4 rings (SSSR count). The second-order valence-electron chi connectivity index (χ2n) is 9.38. The highest BCUT2D eigenvalue weighted by Gasteiger charge is 2.30. The van der Waals surface area contributed by atoms with Gasteiger partial charge in [-0.2, -0.15) is 0 Å². The highest BCUT2D eigenvalue weighted by atomic mass is 32.2. The zero-order valence-corrected chi connectivity index (χ0v) is 19.4. The van der Waals surface area contributed by atoms with Crippen LogP contribution in [0.25, 0.3) is 11.3 Å². The molecule has 0 saturated heterocycles. The number of amides is 1. The van der Waals surface area contributed by atoms with E-state index in [1.165, 1.54) is 6.26 Å². The minimum absolute atomic E-state index is 0.0520. The van der Waals surface area contributed by atoms with Gasteiger partial charge in [0.2, 0.25) is 0 Å². The van der Waals surface area contributed by atoms with Gasteiger partial charge < -0.3 is 20.5 Å². The van der Waals surface area contributed by atoms with Crippen molar-refractivity contribution in [3.63, 3.8) is 0 Å². The molecule has 1 aromatic carbocycles. The molecule has 0 saturated carbocycles. The van der Waals surface area contributed by atoms with Crippen LogP contribution in [0.1, 0.15) is 55.4 Å². The summed E-state index contributed by atoms with van der Waals surface area (Å²) in [5, 5.41) is 6.33. The zero-order valence-electron chi connectivity index (χ0n) is 18.5. The van der Waals surface area contributed by atoms with Crippen LogP contribution in [0.4, 0.5) is 5.69 Å². The maximum atomic E-state index is 12.2. The molecule has 1 amide bonds. The molecule has 0 unspecified atom stereocenters. The Balaban J connectivity index is 1.75. The van der Waals surface area contributed by atoms with Gasteiger partial charge >= 0.3 is 0 Å². The molecule has 31 heavy (non-hydrogen) atoms. The number of aliphatic imine (C=N–C) groups is 1. The number of carbonyl (C=O) groups is 1. The van der Waals surface area contributed by atoms with Gasteiger partial charge in [0.1, 0.15) is 9.84 Å². The largest absolute Gasteiger partial charge is 0.356 e. The molecule has 2 aliphatic rings. The third-order valence-electron chi connectivity index (χ3n) is 5.38. The summed E-state index contributed by atoms with van der Waals surface area (Å²) < 4.78 is 23.5. The Labute approximate surface area is 183 Å². The van der Waals surface area contributed by atoms with Crippen molar-refractivity contribution < 1.29 is 13.2 Å². The number of fused-ring (bicyclic) bond motifs is 2. The molecule has 0 fully saturated rings. The van der Waals surface area contributed by atoms with Gasteiger partial charge in [0.15, 0.2) is 5.96 Å². The molecule has 1 atom stereocenters. The average Bonchev–Trinajstić information content (AvgIpc) is 3.19. The molecule has 8 nitrogen and oxygen atoms in total. The summed E-state index contributed by atoms with van der Waals surface area (Å²) in [6.45, 7) is 8.99. The lowest BCUT2D eigenvalue weighted by atomic mass is 10.0. The standard InChI is InChI=1S/C22H29N5O3S/c1-13-18-16(20(28)23-13)11-17(24-18)15-8-6-7-14-12-27(9-10-31(5,29)30)21(25-19(14)15)26-22(2,3)4/h6-8,11,13,24H,9-10,12H2,1-5H3,(H,23,28)(H,25,26)/t13-/m1/s1. The minimum Gasteiger partial charge on any atom is -0.356 e. The first-order valence-corrected chi connectivity index (χ1v) is 12.4. The summed E-state index contributed by atoms with van der Waals surface area (Å²) in [6, 6.07) is 7.80. The van der Waals surface area contributed by atoms with Crippen LogP contribution in [0.2, 0.25) is 0 Å². The number of benzene rings is 1. The summed E-state index contributed by atoms with van der Waals surface area (Å²) in [6.07, 6.45) is 1.25. The summed E-state index contributed by atoms with van der Waals surface area (Å²) >= 11 is 0. The van der Waals surface area contributed by atoms with E-state index >= 15 is 0 Å². The predicted octanol–water partition coefficient (Wildman–Crippen LogP) is 2.72. The van der Waals surface area contributed by atoms with E-state index in [9.17, 15) is 13.2 Å². The van der Waals surface area contributed by atoms with E-state index in [2.05, 4.69) is 15.6 Å². The number of sulfone groups is 1. The Morgan fingerprint density at radius 1 is 1.26 bits per heavy atom. The van der Waals surface area contributed by atoms with Crippen molar-refractivity contribution >= 4 is 27.4 Å². The Kier molecular flexibility index (Phi) is 5.12.